The number of hydrogen-bond donors (Lipinski definition) is 0. The van der Waals surface area contributed by atoms with Crippen LogP contribution in [0, 0.1) is 3.70 Å². The molecular formula is C19H13ClF3IN4. The predicted molar refractivity (Wildman–Crippen MR) is 110 cm³/mol. The second-order valence-electron chi connectivity index (χ2n) is 6.37. The number of alkyl halides is 3. The molecule has 9 heteroatoms. The number of benzene rings is 1. The van der Waals surface area contributed by atoms with Gasteiger partial charge in [0.1, 0.15) is 11.0 Å². The third kappa shape index (κ3) is 3.62. The van der Waals surface area contributed by atoms with Crippen molar-refractivity contribution in [3.05, 3.63) is 68.9 Å². The zero-order chi connectivity index (χ0) is 20.1. The first-order chi connectivity index (χ1) is 13.2. The summed E-state index contributed by atoms with van der Waals surface area (Å²) in [6.07, 6.45) is -1.73. The smallest absolute Gasteiger partial charge is 0.333 e. The van der Waals surface area contributed by atoms with Gasteiger partial charge in [-0.2, -0.15) is 13.2 Å². The van der Waals surface area contributed by atoms with E-state index in [1.54, 1.807) is 25.4 Å². The highest BCUT2D eigenvalue weighted by atomic mass is 127. The van der Waals surface area contributed by atoms with Gasteiger partial charge in [-0.15, -0.1) is 0 Å². The maximum atomic E-state index is 12.9. The molecule has 3 heterocycles. The van der Waals surface area contributed by atoms with Gasteiger partial charge in [-0.1, -0.05) is 35.9 Å². The third-order valence-electron chi connectivity index (χ3n) is 4.42. The van der Waals surface area contributed by atoms with E-state index in [1.165, 1.54) is 4.57 Å². The summed E-state index contributed by atoms with van der Waals surface area (Å²) in [5.41, 5.74) is 1.72. The van der Waals surface area contributed by atoms with Crippen LogP contribution in [0.3, 0.4) is 0 Å². The third-order valence-corrected chi connectivity index (χ3v) is 5.52. The number of nitrogens with zero attached hydrogens (tertiary/aromatic N) is 4. The van der Waals surface area contributed by atoms with Gasteiger partial charge in [-0.25, -0.2) is 9.97 Å². The van der Waals surface area contributed by atoms with Crippen LogP contribution in [0.15, 0.2) is 48.8 Å². The Balaban J connectivity index is 1.64. The molecule has 4 aromatic rings. The van der Waals surface area contributed by atoms with E-state index in [1.807, 2.05) is 24.3 Å². The first-order valence-electron chi connectivity index (χ1n) is 8.22. The largest absolute Gasteiger partial charge is 0.434 e. The van der Waals surface area contributed by atoms with Crippen LogP contribution in [0.2, 0.25) is 5.15 Å². The molecule has 144 valence electrons. The summed E-state index contributed by atoms with van der Waals surface area (Å²) in [5, 5.41) is 1.42. The summed E-state index contributed by atoms with van der Waals surface area (Å²) in [7, 11) is 1.55. The Hall–Kier alpha value is -2.07. The lowest BCUT2D eigenvalue weighted by atomic mass is 10.1. The first-order valence-corrected chi connectivity index (χ1v) is 9.68. The Bertz CT molecular complexity index is 1160. The highest BCUT2D eigenvalue weighted by Gasteiger charge is 2.34. The standard InChI is InChI=1S/C19H13ClF3IN4/c1-27-10-15(19(21,22)23)26-18(27)12-4-2-11(3-5-12)9-28-14-7-16(20)25-8-13(14)6-17(28)24/h2-8,10H,9H2,1H3. The summed E-state index contributed by atoms with van der Waals surface area (Å²) in [4.78, 5) is 7.83. The number of rotatable bonds is 3. The Morgan fingerprint density at radius 1 is 1.14 bits per heavy atom. The molecule has 0 aliphatic heterocycles. The molecule has 4 nitrogen and oxygen atoms in total. The molecule has 3 aromatic heterocycles. The fraction of sp³-hybridized carbons (Fsp3) is 0.158. The Labute approximate surface area is 177 Å². The van der Waals surface area contributed by atoms with E-state index in [9.17, 15) is 13.2 Å². The van der Waals surface area contributed by atoms with Gasteiger partial charge in [-0.3, -0.25) is 0 Å². The van der Waals surface area contributed by atoms with Crippen LogP contribution in [0.25, 0.3) is 22.3 Å². The predicted octanol–water partition coefficient (Wildman–Crippen LogP) is 5.76. The molecule has 0 radical (unpaired) electrons. The molecule has 28 heavy (non-hydrogen) atoms. The number of aromatic nitrogens is 4. The number of halogens is 5. The molecule has 0 saturated carbocycles. The molecule has 0 aliphatic carbocycles. The van der Waals surface area contributed by atoms with E-state index < -0.39 is 11.9 Å². The van der Waals surface area contributed by atoms with E-state index >= 15 is 0 Å². The van der Waals surface area contributed by atoms with Gasteiger partial charge in [0.05, 0.1) is 9.22 Å². The lowest BCUT2D eigenvalue weighted by Gasteiger charge is -2.09. The van der Waals surface area contributed by atoms with Crippen molar-refractivity contribution in [3.8, 4) is 11.4 Å². The van der Waals surface area contributed by atoms with Gasteiger partial charge in [0.25, 0.3) is 0 Å². The summed E-state index contributed by atoms with van der Waals surface area (Å²) in [5.74, 6) is 0.276. The van der Waals surface area contributed by atoms with Crippen molar-refractivity contribution in [2.45, 2.75) is 12.7 Å². The molecular weight excluding hydrogens is 504 g/mol. The van der Waals surface area contributed by atoms with Crippen molar-refractivity contribution in [2.75, 3.05) is 0 Å². The van der Waals surface area contributed by atoms with Crippen LogP contribution < -0.4 is 0 Å². The number of aryl methyl sites for hydroxylation is 1. The van der Waals surface area contributed by atoms with Gasteiger partial charge < -0.3 is 9.13 Å². The van der Waals surface area contributed by atoms with Crippen molar-refractivity contribution < 1.29 is 13.2 Å². The van der Waals surface area contributed by atoms with E-state index in [4.69, 9.17) is 11.6 Å². The molecule has 0 unspecified atom stereocenters. The average molecular weight is 517 g/mol. The Morgan fingerprint density at radius 3 is 2.50 bits per heavy atom. The van der Waals surface area contributed by atoms with Crippen LogP contribution in [0.5, 0.6) is 0 Å². The average Bonchev–Trinajstić information content (AvgIpc) is 3.16. The van der Waals surface area contributed by atoms with Gasteiger partial charge in [-0.05, 0) is 40.3 Å². The number of fused-ring (bicyclic) bond motifs is 1. The van der Waals surface area contributed by atoms with Crippen molar-refractivity contribution in [3.63, 3.8) is 0 Å². The van der Waals surface area contributed by atoms with Crippen molar-refractivity contribution in [1.29, 1.82) is 0 Å². The molecule has 4 rings (SSSR count). The van der Waals surface area contributed by atoms with Gasteiger partial charge in [0.15, 0.2) is 5.69 Å². The zero-order valence-electron chi connectivity index (χ0n) is 14.5. The molecule has 0 saturated heterocycles. The Kier molecular flexibility index (Phi) is 4.86. The SMILES string of the molecule is Cn1cc(C(F)(F)F)nc1-c1ccc(Cn2c(I)cc3cnc(Cl)cc32)cc1. The first kappa shape index (κ1) is 19.3. The van der Waals surface area contributed by atoms with Crippen LogP contribution in [0.1, 0.15) is 11.3 Å². The zero-order valence-corrected chi connectivity index (χ0v) is 17.4. The Morgan fingerprint density at radius 2 is 1.86 bits per heavy atom. The minimum absolute atomic E-state index is 0.276. The maximum absolute atomic E-state index is 12.9. The summed E-state index contributed by atoms with van der Waals surface area (Å²) in [6, 6.07) is 11.2. The van der Waals surface area contributed by atoms with E-state index in [0.29, 0.717) is 17.3 Å². The second-order valence-corrected chi connectivity index (χ2v) is 7.87. The molecule has 0 bridgehead atoms. The molecule has 0 amide bonds. The number of imidazole rings is 1. The maximum Gasteiger partial charge on any atom is 0.434 e. The minimum atomic E-state index is -4.46. The summed E-state index contributed by atoms with van der Waals surface area (Å²) < 4.78 is 43.2. The fourth-order valence-electron chi connectivity index (χ4n) is 3.07. The quantitative estimate of drug-likeness (QED) is 0.256. The molecule has 0 aliphatic rings. The van der Waals surface area contributed by atoms with E-state index in [2.05, 4.69) is 37.1 Å². The molecule has 0 atom stereocenters. The van der Waals surface area contributed by atoms with Gasteiger partial charge in [0, 0.05) is 36.9 Å². The van der Waals surface area contributed by atoms with E-state index in [-0.39, 0.29) is 5.82 Å². The topological polar surface area (TPSA) is 35.6 Å². The summed E-state index contributed by atoms with van der Waals surface area (Å²) in [6.45, 7) is 0.608. The van der Waals surface area contributed by atoms with Gasteiger partial charge >= 0.3 is 6.18 Å². The minimum Gasteiger partial charge on any atom is -0.333 e. The van der Waals surface area contributed by atoms with Crippen LogP contribution in [-0.2, 0) is 19.8 Å². The summed E-state index contributed by atoms with van der Waals surface area (Å²) >= 11 is 8.28. The molecule has 1 aromatic carbocycles. The molecule has 0 fully saturated rings. The normalized spacial score (nSPS) is 12.1. The second kappa shape index (κ2) is 7.07. The van der Waals surface area contributed by atoms with Crippen LogP contribution >= 0.6 is 34.2 Å². The lowest BCUT2D eigenvalue weighted by Crippen LogP contribution is -2.04. The van der Waals surface area contributed by atoms with Gasteiger partial charge in [0.2, 0.25) is 0 Å². The number of pyridine rings is 1. The molecule has 0 spiro atoms. The fourth-order valence-corrected chi connectivity index (χ4v) is 3.99. The van der Waals surface area contributed by atoms with Crippen LogP contribution in [-0.4, -0.2) is 19.1 Å². The van der Waals surface area contributed by atoms with Crippen molar-refractivity contribution in [2.24, 2.45) is 7.05 Å². The van der Waals surface area contributed by atoms with E-state index in [0.717, 1.165) is 26.4 Å². The number of hydrogen-bond acceptors (Lipinski definition) is 2. The van der Waals surface area contributed by atoms with Crippen molar-refractivity contribution in [1.82, 2.24) is 19.1 Å². The monoisotopic (exact) mass is 516 g/mol. The van der Waals surface area contributed by atoms with Crippen LogP contribution in [0.4, 0.5) is 13.2 Å². The highest BCUT2D eigenvalue weighted by molar-refractivity contribution is 14.1. The lowest BCUT2D eigenvalue weighted by molar-refractivity contribution is -0.140. The highest BCUT2D eigenvalue weighted by Crippen LogP contribution is 2.31. The molecule has 0 N–H and O–H groups in total. The van der Waals surface area contributed by atoms with Crippen molar-refractivity contribution >= 4 is 45.1 Å².